The van der Waals surface area contributed by atoms with Crippen LogP contribution in [0.3, 0.4) is 0 Å². The Morgan fingerprint density at radius 1 is 1.60 bits per heavy atom. The van der Waals surface area contributed by atoms with Crippen LogP contribution in [0.1, 0.15) is 13.3 Å². The zero-order valence-corrected chi connectivity index (χ0v) is 6.27. The van der Waals surface area contributed by atoms with Gasteiger partial charge in [0.05, 0.1) is 0 Å². The standard InChI is InChI=1S/C4H8N2O3S/c1-2-3(7)9-5-4(8)6-10/h10H,2H2,1H3,(H2,5,6,8). The Hall–Kier alpha value is -0.910. The molecule has 0 aliphatic heterocycles. The van der Waals surface area contributed by atoms with Crippen molar-refractivity contribution in [1.29, 1.82) is 0 Å². The molecule has 0 rings (SSSR count). The molecular formula is C4H8N2O3S. The van der Waals surface area contributed by atoms with E-state index in [1.54, 1.807) is 6.92 Å². The first-order valence-electron chi connectivity index (χ1n) is 2.60. The molecule has 2 amide bonds. The fraction of sp³-hybridized carbons (Fsp3) is 0.500. The molecule has 10 heavy (non-hydrogen) atoms. The van der Waals surface area contributed by atoms with Crippen LogP contribution in [-0.4, -0.2) is 12.0 Å². The van der Waals surface area contributed by atoms with E-state index in [1.165, 1.54) is 0 Å². The quantitative estimate of drug-likeness (QED) is 0.377. The highest BCUT2D eigenvalue weighted by molar-refractivity contribution is 7.78. The van der Waals surface area contributed by atoms with E-state index in [1.807, 2.05) is 10.2 Å². The van der Waals surface area contributed by atoms with E-state index in [4.69, 9.17) is 0 Å². The zero-order chi connectivity index (χ0) is 7.98. The molecule has 2 N–H and O–H groups in total. The minimum atomic E-state index is -0.676. The van der Waals surface area contributed by atoms with Crippen LogP contribution in [0.25, 0.3) is 0 Å². The summed E-state index contributed by atoms with van der Waals surface area (Å²) in [6.07, 6.45) is 0.215. The first kappa shape index (κ1) is 9.09. The maximum atomic E-state index is 10.3. The van der Waals surface area contributed by atoms with E-state index < -0.39 is 12.0 Å². The lowest BCUT2D eigenvalue weighted by Crippen LogP contribution is -2.31. The Kier molecular flexibility index (Phi) is 4.47. The van der Waals surface area contributed by atoms with Crippen LogP contribution in [0, 0.1) is 0 Å². The third-order valence-electron chi connectivity index (χ3n) is 0.648. The summed E-state index contributed by atoms with van der Waals surface area (Å²) in [5.74, 6) is -0.503. The van der Waals surface area contributed by atoms with Crippen LogP contribution in [-0.2, 0) is 9.63 Å². The lowest BCUT2D eigenvalue weighted by molar-refractivity contribution is -0.148. The van der Waals surface area contributed by atoms with Crippen LogP contribution in [0.2, 0.25) is 0 Å². The number of rotatable bonds is 1. The van der Waals surface area contributed by atoms with Gasteiger partial charge in [-0.3, -0.25) is 4.72 Å². The third-order valence-corrected chi connectivity index (χ3v) is 0.851. The fourth-order valence-corrected chi connectivity index (χ4v) is 0.244. The fourth-order valence-electron chi connectivity index (χ4n) is 0.198. The van der Waals surface area contributed by atoms with Gasteiger partial charge in [-0.2, -0.15) is 5.48 Å². The van der Waals surface area contributed by atoms with Gasteiger partial charge in [0.2, 0.25) is 0 Å². The summed E-state index contributed by atoms with van der Waals surface area (Å²) in [7, 11) is 0. The Morgan fingerprint density at radius 3 is 2.60 bits per heavy atom. The largest absolute Gasteiger partial charge is 0.357 e. The molecule has 0 aliphatic carbocycles. The molecule has 0 fully saturated rings. The van der Waals surface area contributed by atoms with Gasteiger partial charge in [-0.25, -0.2) is 9.59 Å². The summed E-state index contributed by atoms with van der Waals surface area (Å²) in [5, 5.41) is 0. The van der Waals surface area contributed by atoms with E-state index in [0.29, 0.717) is 0 Å². The molecule has 0 radical (unpaired) electrons. The van der Waals surface area contributed by atoms with Crippen LogP contribution < -0.4 is 10.2 Å². The molecule has 0 saturated heterocycles. The van der Waals surface area contributed by atoms with Gasteiger partial charge in [0, 0.05) is 6.42 Å². The smallest absolute Gasteiger partial charge is 0.339 e. The van der Waals surface area contributed by atoms with E-state index in [-0.39, 0.29) is 6.42 Å². The first-order valence-corrected chi connectivity index (χ1v) is 3.05. The molecule has 0 heterocycles. The average molecular weight is 164 g/mol. The molecule has 0 spiro atoms. The number of nitrogens with one attached hydrogen (secondary N) is 2. The molecule has 0 aromatic heterocycles. The molecule has 0 saturated carbocycles. The second-order valence-corrected chi connectivity index (χ2v) is 1.59. The molecule has 0 bridgehead atoms. The molecule has 58 valence electrons. The minimum absolute atomic E-state index is 0.215. The summed E-state index contributed by atoms with van der Waals surface area (Å²) >= 11 is 3.39. The summed E-state index contributed by atoms with van der Waals surface area (Å²) in [4.78, 5) is 24.8. The maximum absolute atomic E-state index is 10.3. The summed E-state index contributed by atoms with van der Waals surface area (Å²) in [5.41, 5.74) is 1.81. The second kappa shape index (κ2) is 4.92. The maximum Gasteiger partial charge on any atom is 0.357 e. The summed E-state index contributed by atoms with van der Waals surface area (Å²) < 4.78 is 1.91. The predicted molar refractivity (Wildman–Crippen MR) is 37.0 cm³/mol. The third kappa shape index (κ3) is 4.02. The van der Waals surface area contributed by atoms with E-state index in [2.05, 4.69) is 17.7 Å². The number of amides is 2. The van der Waals surface area contributed by atoms with Gasteiger partial charge in [-0.1, -0.05) is 19.7 Å². The van der Waals surface area contributed by atoms with Crippen molar-refractivity contribution in [3.63, 3.8) is 0 Å². The number of hydroxylamine groups is 1. The number of hydrogen-bond donors (Lipinski definition) is 3. The highest BCUT2D eigenvalue weighted by Crippen LogP contribution is 1.79. The highest BCUT2D eigenvalue weighted by atomic mass is 32.1. The molecule has 0 aromatic carbocycles. The van der Waals surface area contributed by atoms with Gasteiger partial charge in [-0.15, -0.1) is 0 Å². The Labute approximate surface area is 63.6 Å². The molecule has 5 nitrogen and oxygen atoms in total. The van der Waals surface area contributed by atoms with Crippen molar-refractivity contribution >= 4 is 24.8 Å². The van der Waals surface area contributed by atoms with Crippen LogP contribution in [0.15, 0.2) is 0 Å². The predicted octanol–water partition coefficient (Wildman–Crippen LogP) is -0.00140. The van der Waals surface area contributed by atoms with Crippen molar-refractivity contribution in [1.82, 2.24) is 10.2 Å². The van der Waals surface area contributed by atoms with E-state index in [0.717, 1.165) is 0 Å². The van der Waals surface area contributed by atoms with Crippen molar-refractivity contribution < 1.29 is 14.4 Å². The van der Waals surface area contributed by atoms with Crippen LogP contribution in [0.4, 0.5) is 4.79 Å². The van der Waals surface area contributed by atoms with Crippen molar-refractivity contribution in [2.75, 3.05) is 0 Å². The van der Waals surface area contributed by atoms with Gasteiger partial charge in [0.15, 0.2) is 0 Å². The average Bonchev–Trinajstić information content (AvgIpc) is 1.99. The normalized spacial score (nSPS) is 8.20. The van der Waals surface area contributed by atoms with Crippen molar-refractivity contribution in [3.05, 3.63) is 0 Å². The lowest BCUT2D eigenvalue weighted by atomic mass is 10.5. The SMILES string of the molecule is CCC(=O)ONC(=O)NS. The second-order valence-electron chi connectivity index (χ2n) is 1.37. The molecule has 0 unspecified atom stereocenters. The lowest BCUT2D eigenvalue weighted by Gasteiger charge is -2.01. The molecule has 0 atom stereocenters. The summed E-state index contributed by atoms with van der Waals surface area (Å²) in [6, 6.07) is -0.676. The number of hydrogen-bond acceptors (Lipinski definition) is 4. The Bertz CT molecular complexity index is 122. The molecule has 6 heteroatoms. The topological polar surface area (TPSA) is 67.4 Å². The monoisotopic (exact) mass is 164 g/mol. The van der Waals surface area contributed by atoms with Gasteiger partial charge in [0.25, 0.3) is 0 Å². The van der Waals surface area contributed by atoms with Gasteiger partial charge in [0.1, 0.15) is 0 Å². The number of carbonyl (C=O) groups is 2. The number of thiol groups is 1. The molecule has 0 aromatic rings. The molecular weight excluding hydrogens is 156 g/mol. The van der Waals surface area contributed by atoms with Crippen LogP contribution in [0.5, 0.6) is 0 Å². The Balaban J connectivity index is 3.35. The highest BCUT2D eigenvalue weighted by Gasteiger charge is 2.00. The number of carbonyl (C=O) groups excluding carboxylic acids is 2. The van der Waals surface area contributed by atoms with Crippen molar-refractivity contribution in [2.24, 2.45) is 0 Å². The van der Waals surface area contributed by atoms with Gasteiger partial charge < -0.3 is 4.84 Å². The van der Waals surface area contributed by atoms with Crippen LogP contribution >= 0.6 is 12.8 Å². The van der Waals surface area contributed by atoms with Gasteiger partial charge >= 0.3 is 12.0 Å². The van der Waals surface area contributed by atoms with E-state index in [9.17, 15) is 9.59 Å². The Morgan fingerprint density at radius 2 is 2.20 bits per heavy atom. The first-order chi connectivity index (χ1) is 4.70. The minimum Gasteiger partial charge on any atom is -0.339 e. The van der Waals surface area contributed by atoms with E-state index >= 15 is 0 Å². The summed E-state index contributed by atoms with van der Waals surface area (Å²) in [6.45, 7) is 1.61. The van der Waals surface area contributed by atoms with Crippen molar-refractivity contribution in [2.45, 2.75) is 13.3 Å². The van der Waals surface area contributed by atoms with Gasteiger partial charge in [-0.05, 0) is 0 Å². The molecule has 0 aliphatic rings. The van der Waals surface area contributed by atoms with Crippen molar-refractivity contribution in [3.8, 4) is 0 Å². The number of urea groups is 1. The zero-order valence-electron chi connectivity index (χ0n) is 5.38.